The monoisotopic (exact) mass is 229 g/mol. The number of imidazole rings is 1. The Labute approximate surface area is 103 Å². The first-order valence-electron chi connectivity index (χ1n) is 6.01. The molecular formula is C14H19N3. The van der Waals surface area contributed by atoms with E-state index in [1.54, 1.807) is 0 Å². The standard InChI is InChI=1S/C14H19N3/c1-4-17-10-15-8-13(17)9-16-14-7-5-6-11(2)12(14)3/h5-8,10,16H,4,9H2,1-3H3. The van der Waals surface area contributed by atoms with E-state index in [1.807, 2.05) is 12.5 Å². The Morgan fingerprint density at radius 3 is 2.88 bits per heavy atom. The summed E-state index contributed by atoms with van der Waals surface area (Å²) in [5, 5.41) is 3.47. The SMILES string of the molecule is CCn1cncc1CNc1cccc(C)c1C. The molecule has 2 aromatic rings. The third-order valence-electron chi connectivity index (χ3n) is 3.20. The largest absolute Gasteiger partial charge is 0.379 e. The molecule has 0 radical (unpaired) electrons. The molecule has 1 N–H and O–H groups in total. The lowest BCUT2D eigenvalue weighted by atomic mass is 10.1. The molecular weight excluding hydrogens is 210 g/mol. The number of benzene rings is 1. The Morgan fingerprint density at radius 2 is 2.12 bits per heavy atom. The molecule has 0 saturated heterocycles. The highest BCUT2D eigenvalue weighted by Gasteiger charge is 2.03. The highest BCUT2D eigenvalue weighted by atomic mass is 15.1. The molecule has 1 aromatic heterocycles. The molecule has 0 aliphatic heterocycles. The van der Waals surface area contributed by atoms with Crippen molar-refractivity contribution in [2.24, 2.45) is 0 Å². The first-order chi connectivity index (χ1) is 8.22. The van der Waals surface area contributed by atoms with E-state index in [-0.39, 0.29) is 0 Å². The Kier molecular flexibility index (Phi) is 3.47. The van der Waals surface area contributed by atoms with Gasteiger partial charge < -0.3 is 9.88 Å². The van der Waals surface area contributed by atoms with Gasteiger partial charge >= 0.3 is 0 Å². The summed E-state index contributed by atoms with van der Waals surface area (Å²) in [7, 11) is 0. The van der Waals surface area contributed by atoms with E-state index in [0.717, 1.165) is 13.1 Å². The first-order valence-corrected chi connectivity index (χ1v) is 6.01. The van der Waals surface area contributed by atoms with Gasteiger partial charge in [0.2, 0.25) is 0 Å². The van der Waals surface area contributed by atoms with Crippen molar-refractivity contribution in [3.05, 3.63) is 47.5 Å². The van der Waals surface area contributed by atoms with Crippen LogP contribution in [0.15, 0.2) is 30.7 Å². The Balaban J connectivity index is 2.10. The van der Waals surface area contributed by atoms with Gasteiger partial charge in [0, 0.05) is 18.4 Å². The van der Waals surface area contributed by atoms with Crippen LogP contribution < -0.4 is 5.32 Å². The molecule has 0 saturated carbocycles. The van der Waals surface area contributed by atoms with Gasteiger partial charge in [-0.3, -0.25) is 0 Å². The minimum atomic E-state index is 0.818. The topological polar surface area (TPSA) is 29.9 Å². The number of aryl methyl sites for hydroxylation is 2. The first kappa shape index (κ1) is 11.7. The lowest BCUT2D eigenvalue weighted by Crippen LogP contribution is -2.07. The second-order valence-electron chi connectivity index (χ2n) is 4.27. The zero-order chi connectivity index (χ0) is 12.3. The molecule has 3 nitrogen and oxygen atoms in total. The van der Waals surface area contributed by atoms with Crippen molar-refractivity contribution in [1.82, 2.24) is 9.55 Å². The number of hydrogen-bond donors (Lipinski definition) is 1. The van der Waals surface area contributed by atoms with Crippen LogP contribution in [0.3, 0.4) is 0 Å². The Bertz CT molecular complexity index is 500. The molecule has 2 rings (SSSR count). The highest BCUT2D eigenvalue weighted by molar-refractivity contribution is 5.53. The molecule has 0 aliphatic carbocycles. The van der Waals surface area contributed by atoms with E-state index < -0.39 is 0 Å². The lowest BCUT2D eigenvalue weighted by Gasteiger charge is -2.12. The molecule has 90 valence electrons. The average molecular weight is 229 g/mol. The molecule has 0 amide bonds. The van der Waals surface area contributed by atoms with Gasteiger partial charge in [-0.2, -0.15) is 0 Å². The van der Waals surface area contributed by atoms with E-state index in [1.165, 1.54) is 22.5 Å². The average Bonchev–Trinajstić information content (AvgIpc) is 2.78. The molecule has 0 spiro atoms. The molecule has 1 heterocycles. The van der Waals surface area contributed by atoms with E-state index in [2.05, 4.69) is 53.8 Å². The van der Waals surface area contributed by atoms with Crippen LogP contribution in [0.5, 0.6) is 0 Å². The van der Waals surface area contributed by atoms with Crippen molar-refractivity contribution in [2.45, 2.75) is 33.9 Å². The normalized spacial score (nSPS) is 10.5. The Morgan fingerprint density at radius 1 is 1.29 bits per heavy atom. The quantitative estimate of drug-likeness (QED) is 0.873. The van der Waals surface area contributed by atoms with Crippen LogP contribution in [0.2, 0.25) is 0 Å². The Hall–Kier alpha value is -1.77. The van der Waals surface area contributed by atoms with E-state index in [4.69, 9.17) is 0 Å². The maximum Gasteiger partial charge on any atom is 0.0948 e. The molecule has 0 fully saturated rings. The van der Waals surface area contributed by atoms with Crippen molar-refractivity contribution in [3.63, 3.8) is 0 Å². The van der Waals surface area contributed by atoms with Crippen LogP contribution in [0.25, 0.3) is 0 Å². The van der Waals surface area contributed by atoms with E-state index in [0.29, 0.717) is 0 Å². The fourth-order valence-corrected chi connectivity index (χ4v) is 1.91. The van der Waals surface area contributed by atoms with Gasteiger partial charge in [0.1, 0.15) is 0 Å². The van der Waals surface area contributed by atoms with Gasteiger partial charge in [-0.15, -0.1) is 0 Å². The minimum absolute atomic E-state index is 0.818. The third kappa shape index (κ3) is 2.49. The molecule has 1 aromatic carbocycles. The molecule has 17 heavy (non-hydrogen) atoms. The van der Waals surface area contributed by atoms with Crippen molar-refractivity contribution in [2.75, 3.05) is 5.32 Å². The van der Waals surface area contributed by atoms with E-state index in [9.17, 15) is 0 Å². The third-order valence-corrected chi connectivity index (χ3v) is 3.20. The van der Waals surface area contributed by atoms with Crippen molar-refractivity contribution in [1.29, 1.82) is 0 Å². The lowest BCUT2D eigenvalue weighted by molar-refractivity contribution is 0.719. The summed E-state index contributed by atoms with van der Waals surface area (Å²) >= 11 is 0. The van der Waals surface area contributed by atoms with Gasteiger partial charge in [-0.1, -0.05) is 12.1 Å². The second kappa shape index (κ2) is 5.04. The smallest absolute Gasteiger partial charge is 0.0948 e. The van der Waals surface area contributed by atoms with Crippen LogP contribution in [-0.4, -0.2) is 9.55 Å². The summed E-state index contributed by atoms with van der Waals surface area (Å²) in [5.74, 6) is 0. The summed E-state index contributed by atoms with van der Waals surface area (Å²) < 4.78 is 2.15. The maximum atomic E-state index is 4.17. The van der Waals surface area contributed by atoms with Gasteiger partial charge in [-0.05, 0) is 38.0 Å². The van der Waals surface area contributed by atoms with Crippen LogP contribution in [0.1, 0.15) is 23.7 Å². The zero-order valence-electron chi connectivity index (χ0n) is 10.7. The fraction of sp³-hybridized carbons (Fsp3) is 0.357. The van der Waals surface area contributed by atoms with Crippen LogP contribution >= 0.6 is 0 Å². The summed E-state index contributed by atoms with van der Waals surface area (Å²) in [6.07, 6.45) is 3.79. The molecule has 0 unspecified atom stereocenters. The predicted molar refractivity (Wildman–Crippen MR) is 71.1 cm³/mol. The maximum absolute atomic E-state index is 4.17. The zero-order valence-corrected chi connectivity index (χ0v) is 10.7. The molecule has 0 atom stereocenters. The number of anilines is 1. The number of nitrogens with one attached hydrogen (secondary N) is 1. The second-order valence-corrected chi connectivity index (χ2v) is 4.27. The summed E-state index contributed by atoms with van der Waals surface area (Å²) in [5.41, 5.74) is 5.05. The molecule has 0 bridgehead atoms. The summed E-state index contributed by atoms with van der Waals surface area (Å²) in [6.45, 7) is 8.19. The molecule has 0 aliphatic rings. The predicted octanol–water partition coefficient (Wildman–Crippen LogP) is 3.13. The van der Waals surface area contributed by atoms with Gasteiger partial charge in [0.05, 0.1) is 18.6 Å². The van der Waals surface area contributed by atoms with Crippen LogP contribution in [0.4, 0.5) is 5.69 Å². The van der Waals surface area contributed by atoms with Gasteiger partial charge in [-0.25, -0.2) is 4.98 Å². The highest BCUT2D eigenvalue weighted by Crippen LogP contribution is 2.18. The molecule has 3 heteroatoms. The van der Waals surface area contributed by atoms with Crippen LogP contribution in [0, 0.1) is 13.8 Å². The number of nitrogens with zero attached hydrogens (tertiary/aromatic N) is 2. The summed E-state index contributed by atoms with van der Waals surface area (Å²) in [6, 6.07) is 6.34. The van der Waals surface area contributed by atoms with E-state index >= 15 is 0 Å². The van der Waals surface area contributed by atoms with Gasteiger partial charge in [0.25, 0.3) is 0 Å². The van der Waals surface area contributed by atoms with Crippen molar-refractivity contribution >= 4 is 5.69 Å². The van der Waals surface area contributed by atoms with Crippen LogP contribution in [-0.2, 0) is 13.1 Å². The van der Waals surface area contributed by atoms with Crippen molar-refractivity contribution < 1.29 is 0 Å². The van der Waals surface area contributed by atoms with Crippen molar-refractivity contribution in [3.8, 4) is 0 Å². The summed E-state index contributed by atoms with van der Waals surface area (Å²) in [4.78, 5) is 4.17. The number of aromatic nitrogens is 2. The number of hydrogen-bond acceptors (Lipinski definition) is 2. The van der Waals surface area contributed by atoms with Gasteiger partial charge in [0.15, 0.2) is 0 Å². The minimum Gasteiger partial charge on any atom is -0.379 e. The fourth-order valence-electron chi connectivity index (χ4n) is 1.91. The number of rotatable bonds is 4.